The highest BCUT2D eigenvalue weighted by Crippen LogP contribution is 2.28. The van der Waals surface area contributed by atoms with E-state index < -0.39 is 0 Å². The third-order valence-electron chi connectivity index (χ3n) is 3.64. The highest BCUT2D eigenvalue weighted by molar-refractivity contribution is 5.92. The molecule has 0 unspecified atom stereocenters. The van der Waals surface area contributed by atoms with Crippen molar-refractivity contribution in [3.8, 4) is 0 Å². The van der Waals surface area contributed by atoms with Crippen molar-refractivity contribution in [2.75, 3.05) is 18.4 Å². The van der Waals surface area contributed by atoms with Gasteiger partial charge in [0.25, 0.3) is 5.91 Å². The zero-order chi connectivity index (χ0) is 15.2. The van der Waals surface area contributed by atoms with Crippen molar-refractivity contribution in [1.29, 1.82) is 0 Å². The van der Waals surface area contributed by atoms with Crippen LogP contribution in [0.2, 0.25) is 0 Å². The minimum Gasteiger partial charge on any atom is -0.369 e. The minimum absolute atomic E-state index is 0.0210. The van der Waals surface area contributed by atoms with Crippen LogP contribution in [-0.4, -0.2) is 40.1 Å². The number of rotatable bonds is 8. The largest absolute Gasteiger partial charge is 0.369 e. The molecule has 1 N–H and O–H groups in total. The number of nitrogens with one attached hydrogen (secondary N) is 1. The van der Waals surface area contributed by atoms with Crippen LogP contribution in [-0.2, 0) is 0 Å². The molecule has 1 aromatic rings. The summed E-state index contributed by atoms with van der Waals surface area (Å²) in [5, 5.41) is 11.3. The number of aromatic nitrogens is 2. The summed E-state index contributed by atoms with van der Waals surface area (Å²) < 4.78 is 0. The van der Waals surface area contributed by atoms with Gasteiger partial charge < -0.3 is 10.2 Å². The molecule has 0 atom stereocenters. The van der Waals surface area contributed by atoms with Gasteiger partial charge in [-0.2, -0.15) is 0 Å². The van der Waals surface area contributed by atoms with E-state index in [4.69, 9.17) is 0 Å². The fourth-order valence-corrected chi connectivity index (χ4v) is 2.17. The third kappa shape index (κ3) is 4.69. The first-order valence-corrected chi connectivity index (χ1v) is 8.00. The summed E-state index contributed by atoms with van der Waals surface area (Å²) in [6, 6.07) is 4.03. The van der Waals surface area contributed by atoms with Crippen molar-refractivity contribution < 1.29 is 4.79 Å². The number of hydrogen-bond acceptors (Lipinski definition) is 4. The van der Waals surface area contributed by atoms with E-state index in [1.54, 1.807) is 6.07 Å². The summed E-state index contributed by atoms with van der Waals surface area (Å²) >= 11 is 0. The Hall–Kier alpha value is -1.65. The van der Waals surface area contributed by atoms with E-state index in [0.717, 1.165) is 44.6 Å². The molecule has 0 saturated heterocycles. The Labute approximate surface area is 127 Å². The predicted octanol–water partition coefficient (Wildman–Crippen LogP) is 2.95. The van der Waals surface area contributed by atoms with Gasteiger partial charge in [0.05, 0.1) is 0 Å². The maximum Gasteiger partial charge on any atom is 0.274 e. The van der Waals surface area contributed by atoms with E-state index >= 15 is 0 Å². The van der Waals surface area contributed by atoms with E-state index in [0.29, 0.717) is 17.7 Å². The van der Waals surface area contributed by atoms with Gasteiger partial charge in [0, 0.05) is 19.1 Å². The van der Waals surface area contributed by atoms with Gasteiger partial charge in [0.2, 0.25) is 0 Å². The highest BCUT2D eigenvalue weighted by atomic mass is 16.2. The van der Waals surface area contributed by atoms with E-state index in [9.17, 15) is 4.79 Å². The molecule has 1 fully saturated rings. The van der Waals surface area contributed by atoms with E-state index in [2.05, 4.69) is 36.3 Å². The molecule has 5 heteroatoms. The number of anilines is 1. The SMILES string of the molecule is CCCNc1ccc(C(=O)N(CCC(C)C)C2CC2)nn1. The molecule has 1 heterocycles. The summed E-state index contributed by atoms with van der Waals surface area (Å²) in [5.74, 6) is 1.35. The quantitative estimate of drug-likeness (QED) is 0.799. The standard InChI is InChI=1S/C16H26N4O/c1-4-10-17-15-8-7-14(18-19-15)16(21)20(13-5-6-13)11-9-12(2)3/h7-8,12-13H,4-6,9-11H2,1-3H3,(H,17,19). The molecule has 0 aromatic carbocycles. The van der Waals surface area contributed by atoms with Gasteiger partial charge >= 0.3 is 0 Å². The Bertz CT molecular complexity index is 454. The van der Waals surface area contributed by atoms with E-state index in [1.807, 2.05) is 11.0 Å². The molecule has 116 valence electrons. The van der Waals surface area contributed by atoms with Crippen LogP contribution in [0.1, 0.15) is 56.9 Å². The number of amides is 1. The molecule has 1 aromatic heterocycles. The third-order valence-corrected chi connectivity index (χ3v) is 3.64. The molecule has 1 amide bonds. The van der Waals surface area contributed by atoms with E-state index in [-0.39, 0.29) is 5.91 Å². The Balaban J connectivity index is 1.99. The molecule has 0 bridgehead atoms. The van der Waals surface area contributed by atoms with Crippen LogP contribution in [0.25, 0.3) is 0 Å². The lowest BCUT2D eigenvalue weighted by atomic mass is 10.1. The summed E-state index contributed by atoms with van der Waals surface area (Å²) in [7, 11) is 0. The molecule has 0 spiro atoms. The number of nitrogens with zero attached hydrogens (tertiary/aromatic N) is 3. The summed E-state index contributed by atoms with van der Waals surface area (Å²) in [6.45, 7) is 8.15. The van der Waals surface area contributed by atoms with Gasteiger partial charge in [0.1, 0.15) is 5.82 Å². The van der Waals surface area contributed by atoms with Gasteiger partial charge in [0.15, 0.2) is 5.69 Å². The summed E-state index contributed by atoms with van der Waals surface area (Å²) in [4.78, 5) is 14.5. The Morgan fingerprint density at radius 1 is 1.38 bits per heavy atom. The molecule has 1 saturated carbocycles. The lowest BCUT2D eigenvalue weighted by Gasteiger charge is -2.22. The Morgan fingerprint density at radius 2 is 2.14 bits per heavy atom. The van der Waals surface area contributed by atoms with Crippen LogP contribution in [0.5, 0.6) is 0 Å². The first-order chi connectivity index (χ1) is 10.1. The molecule has 21 heavy (non-hydrogen) atoms. The fraction of sp³-hybridized carbons (Fsp3) is 0.688. The fourth-order valence-electron chi connectivity index (χ4n) is 2.17. The van der Waals surface area contributed by atoms with Crippen molar-refractivity contribution >= 4 is 11.7 Å². The van der Waals surface area contributed by atoms with Crippen molar-refractivity contribution in [2.24, 2.45) is 5.92 Å². The lowest BCUT2D eigenvalue weighted by molar-refractivity contribution is 0.0728. The van der Waals surface area contributed by atoms with Gasteiger partial charge in [-0.3, -0.25) is 4.79 Å². The number of carbonyl (C=O) groups excluding carboxylic acids is 1. The van der Waals surface area contributed by atoms with Crippen LogP contribution in [0.3, 0.4) is 0 Å². The van der Waals surface area contributed by atoms with E-state index in [1.165, 1.54) is 0 Å². The van der Waals surface area contributed by atoms with Crippen molar-refractivity contribution in [3.63, 3.8) is 0 Å². The second kappa shape index (κ2) is 7.38. The summed E-state index contributed by atoms with van der Waals surface area (Å²) in [6.07, 6.45) is 4.31. The van der Waals surface area contributed by atoms with Crippen molar-refractivity contribution in [3.05, 3.63) is 17.8 Å². The smallest absolute Gasteiger partial charge is 0.274 e. The normalized spacial score (nSPS) is 14.3. The monoisotopic (exact) mass is 290 g/mol. The first-order valence-electron chi connectivity index (χ1n) is 8.00. The van der Waals surface area contributed by atoms with Crippen LogP contribution in [0, 0.1) is 5.92 Å². The topological polar surface area (TPSA) is 58.1 Å². The van der Waals surface area contributed by atoms with Crippen LogP contribution in [0.15, 0.2) is 12.1 Å². The Morgan fingerprint density at radius 3 is 2.67 bits per heavy atom. The van der Waals surface area contributed by atoms with Crippen molar-refractivity contribution in [2.45, 2.75) is 52.5 Å². The maximum absolute atomic E-state index is 12.6. The molecule has 0 radical (unpaired) electrons. The number of carbonyl (C=O) groups is 1. The van der Waals surface area contributed by atoms with Gasteiger partial charge in [-0.25, -0.2) is 0 Å². The molecule has 0 aliphatic heterocycles. The van der Waals surface area contributed by atoms with Crippen LogP contribution < -0.4 is 5.32 Å². The minimum atomic E-state index is 0.0210. The Kier molecular flexibility index (Phi) is 5.53. The second-order valence-corrected chi connectivity index (χ2v) is 6.14. The lowest BCUT2D eigenvalue weighted by Crippen LogP contribution is -2.35. The van der Waals surface area contributed by atoms with Crippen molar-refractivity contribution in [1.82, 2.24) is 15.1 Å². The average Bonchev–Trinajstić information content (AvgIpc) is 3.30. The molecular formula is C16H26N4O. The molecule has 1 aliphatic carbocycles. The zero-order valence-corrected chi connectivity index (χ0v) is 13.3. The van der Waals surface area contributed by atoms with Gasteiger partial charge in [-0.1, -0.05) is 20.8 Å². The molecule has 1 aliphatic rings. The van der Waals surface area contributed by atoms with Gasteiger partial charge in [-0.15, -0.1) is 10.2 Å². The maximum atomic E-state index is 12.6. The predicted molar refractivity (Wildman–Crippen MR) is 84.3 cm³/mol. The highest BCUT2D eigenvalue weighted by Gasteiger charge is 2.33. The molecule has 5 nitrogen and oxygen atoms in total. The molecule has 2 rings (SSSR count). The molecular weight excluding hydrogens is 264 g/mol. The zero-order valence-electron chi connectivity index (χ0n) is 13.3. The average molecular weight is 290 g/mol. The number of hydrogen-bond donors (Lipinski definition) is 1. The summed E-state index contributed by atoms with van der Waals surface area (Å²) in [5.41, 5.74) is 0.452. The van der Waals surface area contributed by atoms with Gasteiger partial charge in [-0.05, 0) is 43.7 Å². The first kappa shape index (κ1) is 15.7. The van der Waals surface area contributed by atoms with Crippen LogP contribution >= 0.6 is 0 Å². The second-order valence-electron chi connectivity index (χ2n) is 6.14. The van der Waals surface area contributed by atoms with Crippen LogP contribution in [0.4, 0.5) is 5.82 Å².